The molecule has 118 valence electrons. The lowest BCUT2D eigenvalue weighted by Crippen LogP contribution is -2.53. The number of hydrogen-bond donors (Lipinski definition) is 1. The Labute approximate surface area is 129 Å². The Morgan fingerprint density at radius 3 is 2.62 bits per heavy atom. The highest BCUT2D eigenvalue weighted by atomic mass is 16.5. The number of nitrogens with two attached hydrogens (primary N) is 1. The number of fused-ring (bicyclic) bond motifs is 1. The van der Waals surface area contributed by atoms with Crippen molar-refractivity contribution in [2.24, 2.45) is 5.73 Å². The molecule has 1 aromatic rings. The standard InChI is InChI=1S/C18H30N2O/c1-4-18(5-2,14-19)20(6-3)11-9-15-7-8-17-16(13-15)10-12-21-17/h7-8,13H,4-6,9-12,14,19H2,1-3H3. The van der Waals surface area contributed by atoms with Crippen molar-refractivity contribution >= 4 is 0 Å². The molecule has 0 spiro atoms. The quantitative estimate of drug-likeness (QED) is 0.800. The van der Waals surface area contributed by atoms with E-state index < -0.39 is 0 Å². The van der Waals surface area contributed by atoms with Crippen LogP contribution in [0.1, 0.15) is 44.7 Å². The average molecular weight is 290 g/mol. The molecule has 0 fully saturated rings. The second-order valence-corrected chi connectivity index (χ2v) is 6.01. The number of hydrogen-bond acceptors (Lipinski definition) is 3. The monoisotopic (exact) mass is 290 g/mol. The summed E-state index contributed by atoms with van der Waals surface area (Å²) in [5, 5.41) is 0. The molecule has 0 aliphatic carbocycles. The SMILES string of the molecule is CCN(CCc1ccc2c(c1)CCO2)C(CC)(CC)CN. The Kier molecular flexibility index (Phi) is 5.65. The van der Waals surface area contributed by atoms with Crippen LogP contribution < -0.4 is 10.5 Å². The van der Waals surface area contributed by atoms with Crippen molar-refractivity contribution in [1.82, 2.24) is 4.90 Å². The third-order valence-electron chi connectivity index (χ3n) is 5.17. The van der Waals surface area contributed by atoms with E-state index in [1.807, 2.05) is 0 Å². The zero-order valence-corrected chi connectivity index (χ0v) is 13.8. The first-order valence-electron chi connectivity index (χ1n) is 8.38. The van der Waals surface area contributed by atoms with Gasteiger partial charge in [0.2, 0.25) is 0 Å². The molecule has 0 unspecified atom stereocenters. The summed E-state index contributed by atoms with van der Waals surface area (Å²) in [6, 6.07) is 6.65. The maximum Gasteiger partial charge on any atom is 0.122 e. The van der Waals surface area contributed by atoms with Crippen molar-refractivity contribution < 1.29 is 4.74 Å². The Morgan fingerprint density at radius 1 is 1.24 bits per heavy atom. The summed E-state index contributed by atoms with van der Waals surface area (Å²) in [4.78, 5) is 2.57. The number of nitrogens with zero attached hydrogens (tertiary/aromatic N) is 1. The van der Waals surface area contributed by atoms with E-state index in [1.165, 1.54) is 11.1 Å². The van der Waals surface area contributed by atoms with E-state index in [9.17, 15) is 0 Å². The summed E-state index contributed by atoms with van der Waals surface area (Å²) >= 11 is 0. The molecule has 1 aromatic carbocycles. The highest BCUT2D eigenvalue weighted by molar-refractivity contribution is 5.39. The second-order valence-electron chi connectivity index (χ2n) is 6.01. The topological polar surface area (TPSA) is 38.5 Å². The maximum atomic E-state index is 6.09. The zero-order chi connectivity index (χ0) is 15.3. The smallest absolute Gasteiger partial charge is 0.122 e. The van der Waals surface area contributed by atoms with E-state index >= 15 is 0 Å². The van der Waals surface area contributed by atoms with Gasteiger partial charge in [-0.25, -0.2) is 0 Å². The maximum absolute atomic E-state index is 6.09. The third kappa shape index (κ3) is 3.41. The van der Waals surface area contributed by atoms with Gasteiger partial charge in [0.15, 0.2) is 0 Å². The molecule has 1 aliphatic heterocycles. The summed E-state index contributed by atoms with van der Waals surface area (Å²) < 4.78 is 5.58. The molecule has 2 N–H and O–H groups in total. The fraction of sp³-hybridized carbons (Fsp3) is 0.667. The van der Waals surface area contributed by atoms with E-state index in [0.717, 1.165) is 57.7 Å². The molecule has 1 heterocycles. The molecule has 21 heavy (non-hydrogen) atoms. The molecule has 0 radical (unpaired) electrons. The van der Waals surface area contributed by atoms with Crippen molar-refractivity contribution in [2.45, 2.75) is 52.0 Å². The van der Waals surface area contributed by atoms with Crippen LogP contribution in [0.25, 0.3) is 0 Å². The fourth-order valence-corrected chi connectivity index (χ4v) is 3.51. The normalized spacial score (nSPS) is 14.3. The summed E-state index contributed by atoms with van der Waals surface area (Å²) in [6.45, 7) is 10.5. The molecule has 0 amide bonds. The summed E-state index contributed by atoms with van der Waals surface area (Å²) in [5.74, 6) is 1.07. The van der Waals surface area contributed by atoms with E-state index in [0.29, 0.717) is 0 Å². The Hall–Kier alpha value is -1.06. The van der Waals surface area contributed by atoms with Crippen molar-refractivity contribution in [3.05, 3.63) is 29.3 Å². The molecular formula is C18H30N2O. The van der Waals surface area contributed by atoms with Gasteiger partial charge in [-0.1, -0.05) is 32.9 Å². The van der Waals surface area contributed by atoms with Gasteiger partial charge in [0.1, 0.15) is 5.75 Å². The molecule has 3 heteroatoms. The highest BCUT2D eigenvalue weighted by Gasteiger charge is 2.30. The van der Waals surface area contributed by atoms with E-state index in [-0.39, 0.29) is 5.54 Å². The lowest BCUT2D eigenvalue weighted by Gasteiger charge is -2.42. The third-order valence-corrected chi connectivity index (χ3v) is 5.17. The summed E-state index contributed by atoms with van der Waals surface area (Å²) in [5.41, 5.74) is 9.03. The van der Waals surface area contributed by atoms with Gasteiger partial charge in [0.25, 0.3) is 0 Å². The molecule has 0 aromatic heterocycles. The zero-order valence-electron chi connectivity index (χ0n) is 13.8. The molecule has 0 saturated heterocycles. The van der Waals surface area contributed by atoms with E-state index in [4.69, 9.17) is 10.5 Å². The molecule has 3 nitrogen and oxygen atoms in total. The van der Waals surface area contributed by atoms with Crippen molar-refractivity contribution in [1.29, 1.82) is 0 Å². The summed E-state index contributed by atoms with van der Waals surface area (Å²) in [7, 11) is 0. The lowest BCUT2D eigenvalue weighted by molar-refractivity contribution is 0.0921. The molecule has 0 saturated carbocycles. The Balaban J connectivity index is 2.03. The van der Waals surface area contributed by atoms with Crippen LogP contribution in [0.5, 0.6) is 5.75 Å². The summed E-state index contributed by atoms with van der Waals surface area (Å²) in [6.07, 6.45) is 4.37. The van der Waals surface area contributed by atoms with Gasteiger partial charge in [-0.15, -0.1) is 0 Å². The Bertz CT molecular complexity index is 446. The highest BCUT2D eigenvalue weighted by Crippen LogP contribution is 2.27. The number of ether oxygens (including phenoxy) is 1. The second kappa shape index (κ2) is 7.28. The van der Waals surface area contributed by atoms with Crippen molar-refractivity contribution in [3.8, 4) is 5.75 Å². The van der Waals surface area contributed by atoms with Gasteiger partial charge < -0.3 is 10.5 Å². The number of benzene rings is 1. The molecule has 0 atom stereocenters. The van der Waals surface area contributed by atoms with Crippen LogP contribution in [0.2, 0.25) is 0 Å². The fourth-order valence-electron chi connectivity index (χ4n) is 3.51. The number of likely N-dealkylation sites (N-methyl/N-ethyl adjacent to an activating group) is 1. The van der Waals surface area contributed by atoms with Gasteiger partial charge >= 0.3 is 0 Å². The van der Waals surface area contributed by atoms with Crippen LogP contribution in [0, 0.1) is 0 Å². The van der Waals surface area contributed by atoms with Crippen LogP contribution in [-0.4, -0.2) is 36.7 Å². The largest absolute Gasteiger partial charge is 0.493 e. The lowest BCUT2D eigenvalue weighted by atomic mass is 9.90. The average Bonchev–Trinajstić information content (AvgIpc) is 2.99. The first-order chi connectivity index (χ1) is 10.2. The Morgan fingerprint density at radius 2 is 2.00 bits per heavy atom. The van der Waals surface area contributed by atoms with Crippen LogP contribution in [0.3, 0.4) is 0 Å². The predicted molar refractivity (Wildman–Crippen MR) is 89.0 cm³/mol. The van der Waals surface area contributed by atoms with Gasteiger partial charge in [0.05, 0.1) is 6.61 Å². The van der Waals surface area contributed by atoms with Crippen molar-refractivity contribution in [3.63, 3.8) is 0 Å². The van der Waals surface area contributed by atoms with Gasteiger partial charge in [0, 0.05) is 25.0 Å². The predicted octanol–water partition coefficient (Wildman–Crippen LogP) is 3.00. The molecular weight excluding hydrogens is 260 g/mol. The molecule has 0 bridgehead atoms. The van der Waals surface area contributed by atoms with Crippen LogP contribution in [0.15, 0.2) is 18.2 Å². The first kappa shape index (κ1) is 16.3. The van der Waals surface area contributed by atoms with Crippen LogP contribution in [0.4, 0.5) is 0 Å². The van der Waals surface area contributed by atoms with E-state index in [2.05, 4.69) is 43.9 Å². The molecule has 2 rings (SSSR count). The van der Waals surface area contributed by atoms with E-state index in [1.54, 1.807) is 0 Å². The minimum atomic E-state index is 0.161. The number of rotatable bonds is 8. The van der Waals surface area contributed by atoms with Gasteiger partial charge in [-0.3, -0.25) is 4.90 Å². The van der Waals surface area contributed by atoms with Gasteiger partial charge in [-0.2, -0.15) is 0 Å². The van der Waals surface area contributed by atoms with Crippen LogP contribution in [-0.2, 0) is 12.8 Å². The van der Waals surface area contributed by atoms with Crippen molar-refractivity contribution in [2.75, 3.05) is 26.2 Å². The van der Waals surface area contributed by atoms with Crippen LogP contribution >= 0.6 is 0 Å². The first-order valence-corrected chi connectivity index (χ1v) is 8.38. The minimum Gasteiger partial charge on any atom is -0.493 e. The minimum absolute atomic E-state index is 0.161. The van der Waals surface area contributed by atoms with Gasteiger partial charge in [-0.05, 0) is 43.0 Å². The molecule has 1 aliphatic rings.